The Balaban J connectivity index is 2.16. The van der Waals surface area contributed by atoms with Crippen molar-refractivity contribution in [3.05, 3.63) is 34.3 Å². The van der Waals surface area contributed by atoms with Crippen LogP contribution in [0.5, 0.6) is 0 Å². The lowest BCUT2D eigenvalue weighted by Gasteiger charge is -2.37. The zero-order valence-corrected chi connectivity index (χ0v) is 13.6. The lowest BCUT2D eigenvalue weighted by Crippen LogP contribution is -2.40. The van der Waals surface area contributed by atoms with Gasteiger partial charge >= 0.3 is 5.97 Å². The highest BCUT2D eigenvalue weighted by molar-refractivity contribution is 9.10. The number of hydrogen-bond acceptors (Lipinski definition) is 3. The first-order valence-electron chi connectivity index (χ1n) is 6.95. The Hall–Kier alpha value is -0.870. The third-order valence-electron chi connectivity index (χ3n) is 4.30. The molecule has 110 valence electrons. The summed E-state index contributed by atoms with van der Waals surface area (Å²) in [5.74, 6) is -0.0880. The van der Waals surface area contributed by atoms with Gasteiger partial charge in [-0.05, 0) is 49.8 Å². The molecule has 1 fully saturated rings. The third kappa shape index (κ3) is 3.41. The number of carbonyl (C=O) groups excluding carboxylic acids is 1. The van der Waals surface area contributed by atoms with Gasteiger partial charge in [0.2, 0.25) is 0 Å². The van der Waals surface area contributed by atoms with Crippen LogP contribution in [0.3, 0.4) is 0 Å². The van der Waals surface area contributed by atoms with Gasteiger partial charge < -0.3 is 9.47 Å². The second-order valence-corrected chi connectivity index (χ2v) is 6.43. The first-order chi connectivity index (χ1) is 9.59. The van der Waals surface area contributed by atoms with Gasteiger partial charge in [0.15, 0.2) is 0 Å². The molecule has 0 aromatic heterocycles. The molecule has 0 spiro atoms. The smallest absolute Gasteiger partial charge is 0.312 e. The van der Waals surface area contributed by atoms with Gasteiger partial charge in [-0.3, -0.25) is 4.79 Å². The van der Waals surface area contributed by atoms with Crippen LogP contribution in [-0.2, 0) is 20.7 Å². The van der Waals surface area contributed by atoms with Crippen molar-refractivity contribution < 1.29 is 14.3 Å². The summed E-state index contributed by atoms with van der Waals surface area (Å²) in [4.78, 5) is 12.3. The number of halogens is 1. The quantitative estimate of drug-likeness (QED) is 0.783. The summed E-state index contributed by atoms with van der Waals surface area (Å²) in [5, 5.41) is 0. The topological polar surface area (TPSA) is 35.5 Å². The van der Waals surface area contributed by atoms with Crippen LogP contribution >= 0.6 is 15.9 Å². The van der Waals surface area contributed by atoms with Crippen molar-refractivity contribution in [3.63, 3.8) is 0 Å². The summed E-state index contributed by atoms with van der Waals surface area (Å²) in [7, 11) is 3.22. The van der Waals surface area contributed by atoms with Crippen molar-refractivity contribution in [1.82, 2.24) is 0 Å². The van der Waals surface area contributed by atoms with E-state index < -0.39 is 5.41 Å². The van der Waals surface area contributed by atoms with E-state index in [-0.39, 0.29) is 12.1 Å². The minimum atomic E-state index is -0.391. The van der Waals surface area contributed by atoms with Crippen LogP contribution in [0.4, 0.5) is 0 Å². The average Bonchev–Trinajstić information content (AvgIpc) is 2.49. The molecule has 1 aliphatic carbocycles. The van der Waals surface area contributed by atoms with Crippen LogP contribution in [0.2, 0.25) is 0 Å². The Morgan fingerprint density at radius 1 is 1.25 bits per heavy atom. The summed E-state index contributed by atoms with van der Waals surface area (Å²) in [6, 6.07) is 8.16. The van der Waals surface area contributed by atoms with Gasteiger partial charge in [0.1, 0.15) is 0 Å². The van der Waals surface area contributed by atoms with Crippen LogP contribution in [-0.4, -0.2) is 26.3 Å². The number of hydrogen-bond donors (Lipinski definition) is 0. The molecule has 0 N–H and O–H groups in total. The summed E-state index contributed by atoms with van der Waals surface area (Å²) in [6.07, 6.45) is 4.51. The van der Waals surface area contributed by atoms with Crippen LogP contribution in [0.25, 0.3) is 0 Å². The van der Waals surface area contributed by atoms with E-state index in [1.54, 1.807) is 7.11 Å². The molecule has 1 aromatic rings. The van der Waals surface area contributed by atoms with E-state index in [2.05, 4.69) is 28.1 Å². The Labute approximate surface area is 128 Å². The van der Waals surface area contributed by atoms with Gasteiger partial charge in [-0.15, -0.1) is 0 Å². The highest BCUT2D eigenvalue weighted by Gasteiger charge is 2.42. The van der Waals surface area contributed by atoms with E-state index in [0.717, 1.165) is 36.6 Å². The molecule has 20 heavy (non-hydrogen) atoms. The molecule has 1 aliphatic rings. The van der Waals surface area contributed by atoms with E-state index in [9.17, 15) is 4.79 Å². The average molecular weight is 341 g/mol. The van der Waals surface area contributed by atoms with Gasteiger partial charge in [0.25, 0.3) is 0 Å². The van der Waals surface area contributed by atoms with Crippen molar-refractivity contribution in [2.24, 2.45) is 5.41 Å². The third-order valence-corrected chi connectivity index (χ3v) is 4.83. The molecular weight excluding hydrogens is 320 g/mol. The summed E-state index contributed by atoms with van der Waals surface area (Å²) >= 11 is 3.44. The van der Waals surface area contributed by atoms with Crippen molar-refractivity contribution >= 4 is 21.9 Å². The second-order valence-electron chi connectivity index (χ2n) is 5.51. The lowest BCUT2D eigenvalue weighted by atomic mass is 9.69. The normalized spacial score (nSPS) is 26.2. The van der Waals surface area contributed by atoms with E-state index in [0.29, 0.717) is 0 Å². The molecule has 0 heterocycles. The lowest BCUT2D eigenvalue weighted by molar-refractivity contribution is -0.156. The van der Waals surface area contributed by atoms with Crippen molar-refractivity contribution in [2.75, 3.05) is 14.2 Å². The Kier molecular flexibility index (Phi) is 5.22. The fraction of sp³-hybridized carbons (Fsp3) is 0.562. The minimum Gasteiger partial charge on any atom is -0.469 e. The molecule has 0 unspecified atom stereocenters. The molecule has 0 radical (unpaired) electrons. The Morgan fingerprint density at radius 2 is 1.85 bits per heavy atom. The van der Waals surface area contributed by atoms with Gasteiger partial charge in [-0.25, -0.2) is 0 Å². The molecular formula is C16H21BrO3. The largest absolute Gasteiger partial charge is 0.469 e. The van der Waals surface area contributed by atoms with Gasteiger partial charge in [0.05, 0.1) is 18.6 Å². The summed E-state index contributed by atoms with van der Waals surface area (Å²) in [5.41, 5.74) is 0.784. The summed E-state index contributed by atoms with van der Waals surface area (Å²) < 4.78 is 11.5. The van der Waals surface area contributed by atoms with Gasteiger partial charge in [0, 0.05) is 11.6 Å². The molecule has 1 aromatic carbocycles. The number of ether oxygens (including phenoxy) is 2. The maximum absolute atomic E-state index is 12.3. The molecule has 0 bridgehead atoms. The maximum atomic E-state index is 12.3. The second kappa shape index (κ2) is 6.72. The Bertz CT molecular complexity index is 447. The first kappa shape index (κ1) is 15.5. The molecule has 3 nitrogen and oxygen atoms in total. The van der Waals surface area contributed by atoms with Crippen molar-refractivity contribution in [2.45, 2.75) is 38.2 Å². The standard InChI is InChI=1S/C16H21BrO3/c1-19-14-7-9-16(10-8-14,15(18)20-2)11-12-3-5-13(17)6-4-12/h3-6,14H,7-11H2,1-2H3. The number of benzene rings is 1. The van der Waals surface area contributed by atoms with Gasteiger partial charge in [-0.2, -0.15) is 0 Å². The zero-order chi connectivity index (χ0) is 14.6. The van der Waals surface area contributed by atoms with E-state index >= 15 is 0 Å². The van der Waals surface area contributed by atoms with Crippen LogP contribution in [0.1, 0.15) is 31.2 Å². The maximum Gasteiger partial charge on any atom is 0.312 e. The molecule has 0 saturated heterocycles. The number of rotatable bonds is 4. The van der Waals surface area contributed by atoms with Crippen molar-refractivity contribution in [1.29, 1.82) is 0 Å². The SMILES string of the molecule is COC(=O)C1(Cc2ccc(Br)cc2)CCC(OC)CC1. The van der Waals surface area contributed by atoms with E-state index in [1.165, 1.54) is 12.7 Å². The first-order valence-corrected chi connectivity index (χ1v) is 7.74. The van der Waals surface area contributed by atoms with E-state index in [1.807, 2.05) is 12.1 Å². The van der Waals surface area contributed by atoms with E-state index in [4.69, 9.17) is 9.47 Å². The Morgan fingerprint density at radius 3 is 2.35 bits per heavy atom. The highest BCUT2D eigenvalue weighted by atomic mass is 79.9. The van der Waals surface area contributed by atoms with Crippen molar-refractivity contribution in [3.8, 4) is 0 Å². The minimum absolute atomic E-state index is 0.0880. The predicted molar refractivity (Wildman–Crippen MR) is 81.6 cm³/mol. The summed E-state index contributed by atoms with van der Waals surface area (Å²) in [6.45, 7) is 0. The van der Waals surface area contributed by atoms with Crippen LogP contribution in [0, 0.1) is 5.41 Å². The predicted octanol–water partition coefficient (Wildman–Crippen LogP) is 3.74. The molecule has 0 amide bonds. The van der Waals surface area contributed by atoms with Gasteiger partial charge in [-0.1, -0.05) is 28.1 Å². The molecule has 0 aliphatic heterocycles. The van der Waals surface area contributed by atoms with Crippen LogP contribution < -0.4 is 0 Å². The molecule has 1 saturated carbocycles. The molecule has 4 heteroatoms. The number of methoxy groups -OCH3 is 2. The number of carbonyl (C=O) groups is 1. The fourth-order valence-electron chi connectivity index (χ4n) is 3.04. The fourth-order valence-corrected chi connectivity index (χ4v) is 3.31. The molecule has 0 atom stereocenters. The zero-order valence-electron chi connectivity index (χ0n) is 12.0. The molecule has 2 rings (SSSR count). The van der Waals surface area contributed by atoms with Crippen LogP contribution in [0.15, 0.2) is 28.7 Å². The highest BCUT2D eigenvalue weighted by Crippen LogP contribution is 2.41. The number of esters is 1. The monoisotopic (exact) mass is 340 g/mol.